The van der Waals surface area contributed by atoms with E-state index in [0.717, 1.165) is 33.5 Å². The van der Waals surface area contributed by atoms with Crippen molar-refractivity contribution in [3.8, 4) is 22.8 Å². The Morgan fingerprint density at radius 1 is 1.25 bits per heavy atom. The van der Waals surface area contributed by atoms with Crippen LogP contribution in [0.25, 0.3) is 16.2 Å². The number of nitrogens with two attached hydrogens (primary N) is 1. The van der Waals surface area contributed by atoms with Crippen molar-refractivity contribution in [2.24, 2.45) is 5.73 Å². The zero-order valence-electron chi connectivity index (χ0n) is 11.2. The lowest BCUT2D eigenvalue weighted by molar-refractivity contribution is 0.404. The molecule has 3 aromatic rings. The molecule has 2 N–H and O–H groups in total. The molecule has 0 saturated heterocycles. The van der Waals surface area contributed by atoms with Crippen molar-refractivity contribution < 1.29 is 9.47 Å². The van der Waals surface area contributed by atoms with Gasteiger partial charge in [0.1, 0.15) is 11.5 Å². The van der Waals surface area contributed by atoms with Crippen LogP contribution in [0.5, 0.6) is 11.5 Å². The second-order valence-corrected chi connectivity index (χ2v) is 4.96. The number of thiazole rings is 1. The van der Waals surface area contributed by atoms with Crippen molar-refractivity contribution in [3.63, 3.8) is 0 Å². The predicted octanol–water partition coefficient (Wildman–Crippen LogP) is 1.93. The van der Waals surface area contributed by atoms with Gasteiger partial charge in [0.05, 0.1) is 26.5 Å². The number of hydrogen-bond acceptors (Lipinski definition) is 6. The molecule has 0 atom stereocenters. The number of rotatable bonds is 4. The Bertz CT molecular complexity index is 750. The van der Waals surface area contributed by atoms with Crippen molar-refractivity contribution in [1.29, 1.82) is 0 Å². The number of ether oxygens (including phenoxy) is 2. The van der Waals surface area contributed by atoms with Gasteiger partial charge >= 0.3 is 0 Å². The highest BCUT2D eigenvalue weighted by Gasteiger charge is 2.16. The van der Waals surface area contributed by atoms with Gasteiger partial charge in [0.15, 0.2) is 5.82 Å². The Morgan fingerprint density at radius 2 is 2.10 bits per heavy atom. The first-order valence-electron chi connectivity index (χ1n) is 6.02. The van der Waals surface area contributed by atoms with E-state index in [1.807, 2.05) is 28.0 Å². The minimum Gasteiger partial charge on any atom is -0.497 e. The summed E-state index contributed by atoms with van der Waals surface area (Å²) in [5.41, 5.74) is 7.59. The van der Waals surface area contributed by atoms with Crippen LogP contribution in [0.15, 0.2) is 23.6 Å². The summed E-state index contributed by atoms with van der Waals surface area (Å²) in [4.78, 5) is 0.810. The molecule has 6 nitrogen and oxygen atoms in total. The average molecular weight is 290 g/mol. The maximum Gasteiger partial charge on any atom is 0.216 e. The maximum atomic E-state index is 5.72. The first-order valence-corrected chi connectivity index (χ1v) is 6.90. The van der Waals surface area contributed by atoms with Gasteiger partial charge in [0, 0.05) is 10.9 Å². The van der Waals surface area contributed by atoms with Gasteiger partial charge in [0.2, 0.25) is 4.96 Å². The zero-order valence-corrected chi connectivity index (χ0v) is 12.0. The topological polar surface area (TPSA) is 74.7 Å². The summed E-state index contributed by atoms with van der Waals surface area (Å²) in [6.07, 6.45) is 0. The average Bonchev–Trinajstić information content (AvgIpc) is 3.07. The highest BCUT2D eigenvalue weighted by molar-refractivity contribution is 7.15. The summed E-state index contributed by atoms with van der Waals surface area (Å²) in [6.45, 7) is 0.331. The second kappa shape index (κ2) is 5.10. The molecule has 0 aliphatic rings. The van der Waals surface area contributed by atoms with Gasteiger partial charge in [0.25, 0.3) is 0 Å². The van der Waals surface area contributed by atoms with Gasteiger partial charge in [-0.15, -0.1) is 21.5 Å². The zero-order chi connectivity index (χ0) is 14.1. The fourth-order valence-corrected chi connectivity index (χ4v) is 2.96. The number of methoxy groups -OCH3 is 2. The Labute approximate surface area is 119 Å². The molecule has 0 fully saturated rings. The number of nitrogens with zero attached hydrogens (tertiary/aromatic N) is 3. The SMILES string of the molecule is COc1ccc(OC)c(-c2csc3nnc(CN)n23)c1. The van der Waals surface area contributed by atoms with Crippen molar-refractivity contribution in [1.82, 2.24) is 14.6 Å². The molecule has 0 aliphatic heterocycles. The lowest BCUT2D eigenvalue weighted by Gasteiger charge is -2.10. The van der Waals surface area contributed by atoms with E-state index in [2.05, 4.69) is 10.2 Å². The van der Waals surface area contributed by atoms with Crippen LogP contribution in [0.3, 0.4) is 0 Å². The van der Waals surface area contributed by atoms with Gasteiger partial charge in [-0.3, -0.25) is 4.40 Å². The number of fused-ring (bicyclic) bond motifs is 1. The summed E-state index contributed by atoms with van der Waals surface area (Å²) in [5, 5.41) is 10.2. The van der Waals surface area contributed by atoms with Crippen LogP contribution in [0.2, 0.25) is 0 Å². The van der Waals surface area contributed by atoms with E-state index in [1.54, 1.807) is 14.2 Å². The van der Waals surface area contributed by atoms with Gasteiger partial charge < -0.3 is 15.2 Å². The third kappa shape index (κ3) is 1.91. The summed E-state index contributed by atoms with van der Waals surface area (Å²) < 4.78 is 12.7. The minimum atomic E-state index is 0.331. The highest BCUT2D eigenvalue weighted by Crippen LogP contribution is 2.35. The molecular weight excluding hydrogens is 276 g/mol. The fraction of sp³-hybridized carbons (Fsp3) is 0.231. The van der Waals surface area contributed by atoms with Crippen LogP contribution in [0.4, 0.5) is 0 Å². The van der Waals surface area contributed by atoms with Crippen LogP contribution in [-0.2, 0) is 6.54 Å². The largest absolute Gasteiger partial charge is 0.497 e. The molecule has 1 aromatic carbocycles. The number of benzene rings is 1. The Hall–Kier alpha value is -2.12. The summed E-state index contributed by atoms with van der Waals surface area (Å²) in [5.74, 6) is 2.26. The molecule has 0 unspecified atom stereocenters. The van der Waals surface area contributed by atoms with Crippen LogP contribution in [0.1, 0.15) is 5.82 Å². The maximum absolute atomic E-state index is 5.72. The third-order valence-electron chi connectivity index (χ3n) is 3.08. The standard InChI is InChI=1S/C13H14N4O2S/c1-18-8-3-4-11(19-2)9(5-8)10-7-20-13-16-15-12(6-14)17(10)13/h3-5,7H,6,14H2,1-2H3. The highest BCUT2D eigenvalue weighted by atomic mass is 32.1. The Balaban J connectivity index is 2.26. The van der Waals surface area contributed by atoms with Gasteiger partial charge in [-0.25, -0.2) is 0 Å². The molecule has 2 aromatic heterocycles. The Morgan fingerprint density at radius 3 is 2.80 bits per heavy atom. The summed E-state index contributed by atoms with van der Waals surface area (Å²) in [7, 11) is 3.28. The van der Waals surface area contributed by atoms with Crippen LogP contribution < -0.4 is 15.2 Å². The fourth-order valence-electron chi connectivity index (χ4n) is 2.11. The quantitative estimate of drug-likeness (QED) is 0.794. The van der Waals surface area contributed by atoms with E-state index in [1.165, 1.54) is 11.3 Å². The van der Waals surface area contributed by atoms with Crippen molar-refractivity contribution >= 4 is 16.3 Å². The van der Waals surface area contributed by atoms with Crippen LogP contribution >= 0.6 is 11.3 Å². The minimum absolute atomic E-state index is 0.331. The molecule has 0 amide bonds. The molecule has 0 aliphatic carbocycles. The summed E-state index contributed by atoms with van der Waals surface area (Å²) in [6, 6.07) is 5.67. The molecular formula is C13H14N4O2S. The third-order valence-corrected chi connectivity index (χ3v) is 3.90. The summed E-state index contributed by atoms with van der Waals surface area (Å²) >= 11 is 1.52. The molecule has 3 rings (SSSR count). The first kappa shape index (κ1) is 12.9. The molecule has 104 valence electrons. The van der Waals surface area contributed by atoms with E-state index in [9.17, 15) is 0 Å². The van der Waals surface area contributed by atoms with E-state index in [-0.39, 0.29) is 0 Å². The Kier molecular flexibility index (Phi) is 3.29. The van der Waals surface area contributed by atoms with Gasteiger partial charge in [-0.1, -0.05) is 0 Å². The lowest BCUT2D eigenvalue weighted by atomic mass is 10.1. The van der Waals surface area contributed by atoms with Crippen molar-refractivity contribution in [3.05, 3.63) is 29.4 Å². The lowest BCUT2D eigenvalue weighted by Crippen LogP contribution is -2.03. The van der Waals surface area contributed by atoms with Crippen molar-refractivity contribution in [2.75, 3.05) is 14.2 Å². The monoisotopic (exact) mass is 290 g/mol. The van der Waals surface area contributed by atoms with E-state index in [0.29, 0.717) is 6.54 Å². The smallest absolute Gasteiger partial charge is 0.216 e. The molecule has 2 heterocycles. The van der Waals surface area contributed by atoms with E-state index in [4.69, 9.17) is 15.2 Å². The molecule has 0 bridgehead atoms. The number of hydrogen-bond donors (Lipinski definition) is 1. The number of aromatic nitrogens is 3. The van der Waals surface area contributed by atoms with Gasteiger partial charge in [-0.2, -0.15) is 0 Å². The first-order chi connectivity index (χ1) is 9.78. The molecule has 0 saturated carbocycles. The normalized spacial score (nSPS) is 10.9. The second-order valence-electron chi connectivity index (χ2n) is 4.13. The van der Waals surface area contributed by atoms with Crippen LogP contribution in [0, 0.1) is 0 Å². The molecule has 20 heavy (non-hydrogen) atoms. The van der Waals surface area contributed by atoms with Gasteiger partial charge in [-0.05, 0) is 18.2 Å². The molecule has 0 spiro atoms. The molecule has 7 heteroatoms. The van der Waals surface area contributed by atoms with E-state index >= 15 is 0 Å². The predicted molar refractivity (Wildman–Crippen MR) is 77.3 cm³/mol. The molecule has 0 radical (unpaired) electrons. The van der Waals surface area contributed by atoms with Crippen molar-refractivity contribution in [2.45, 2.75) is 6.54 Å². The van der Waals surface area contributed by atoms with Crippen LogP contribution in [-0.4, -0.2) is 28.8 Å². The van der Waals surface area contributed by atoms with E-state index < -0.39 is 0 Å².